The van der Waals surface area contributed by atoms with Crippen LogP contribution in [0, 0.1) is 0 Å². The van der Waals surface area contributed by atoms with Crippen LogP contribution in [-0.4, -0.2) is 20.9 Å². The number of fused-ring (bicyclic) bond motifs is 1. The minimum absolute atomic E-state index is 0.288. The molecule has 2 amide bonds. The number of nitrogens with zero attached hydrogens (tertiary/aromatic N) is 2. The summed E-state index contributed by atoms with van der Waals surface area (Å²) in [4.78, 5) is 22.8. The maximum Gasteiger partial charge on any atom is 0.286 e. The zero-order valence-corrected chi connectivity index (χ0v) is 9.82. The number of hydrogen-bond acceptors (Lipinski definition) is 4. The van der Waals surface area contributed by atoms with Crippen LogP contribution in [0.4, 0.5) is 4.79 Å². The number of para-hydroxylation sites is 1. The van der Waals surface area contributed by atoms with Crippen LogP contribution >= 0.6 is 11.8 Å². The predicted octanol–water partition coefficient (Wildman–Crippen LogP) is 1.60. The summed E-state index contributed by atoms with van der Waals surface area (Å²) in [7, 11) is 1.82. The Balaban J connectivity index is 2.18. The number of amides is 2. The fourth-order valence-corrected chi connectivity index (χ4v) is 2.80. The van der Waals surface area contributed by atoms with Gasteiger partial charge in [0.05, 0.1) is 11.2 Å². The first-order chi connectivity index (χ1) is 8.16. The third-order valence-corrected chi connectivity index (χ3v) is 3.71. The van der Waals surface area contributed by atoms with Crippen molar-refractivity contribution in [3.05, 3.63) is 30.0 Å². The second-order valence-electron chi connectivity index (χ2n) is 3.80. The Morgan fingerprint density at radius 3 is 2.82 bits per heavy atom. The third-order valence-electron chi connectivity index (χ3n) is 2.72. The molecule has 0 aliphatic carbocycles. The molecule has 0 saturated carbocycles. The minimum Gasteiger partial charge on any atom is -0.286 e. The van der Waals surface area contributed by atoms with E-state index in [-0.39, 0.29) is 11.1 Å². The lowest BCUT2D eigenvalue weighted by Crippen LogP contribution is -2.20. The Kier molecular flexibility index (Phi) is 2.19. The topological polar surface area (TPSA) is 64.0 Å². The van der Waals surface area contributed by atoms with Crippen LogP contribution < -0.4 is 5.32 Å². The van der Waals surface area contributed by atoms with Gasteiger partial charge in [0.15, 0.2) is 0 Å². The molecule has 3 rings (SSSR count). The standard InChI is InChI=1S/C11H9N3O2S/c1-14-7-5-3-2-4-6(7)8(13-14)9-10(15)12-11(16)17-9/h2-5,9H,1H3,(H,12,15,16). The normalized spacial score (nSPS) is 19.9. The first-order valence-electron chi connectivity index (χ1n) is 5.10. The Hall–Kier alpha value is -1.82. The van der Waals surface area contributed by atoms with E-state index in [1.807, 2.05) is 31.3 Å². The monoisotopic (exact) mass is 247 g/mol. The van der Waals surface area contributed by atoms with Gasteiger partial charge in [-0.15, -0.1) is 0 Å². The Morgan fingerprint density at radius 1 is 1.35 bits per heavy atom. The predicted molar refractivity (Wildman–Crippen MR) is 64.6 cm³/mol. The molecule has 6 heteroatoms. The maximum atomic E-state index is 11.6. The van der Waals surface area contributed by atoms with Crippen molar-refractivity contribution < 1.29 is 9.59 Å². The molecule has 1 unspecified atom stereocenters. The Bertz CT molecular complexity index is 635. The number of carbonyl (C=O) groups excluding carboxylic acids is 2. The molecule has 17 heavy (non-hydrogen) atoms. The molecule has 0 radical (unpaired) electrons. The number of aromatic nitrogens is 2. The van der Waals surface area contributed by atoms with Gasteiger partial charge in [0.25, 0.3) is 5.24 Å². The van der Waals surface area contributed by atoms with Crippen molar-refractivity contribution in [2.75, 3.05) is 0 Å². The average Bonchev–Trinajstić information content (AvgIpc) is 2.80. The number of carbonyl (C=O) groups is 2. The summed E-state index contributed by atoms with van der Waals surface area (Å²) >= 11 is 0.980. The minimum atomic E-state index is -0.534. The van der Waals surface area contributed by atoms with Crippen molar-refractivity contribution in [1.82, 2.24) is 15.1 Å². The second-order valence-corrected chi connectivity index (χ2v) is 4.88. The second kappa shape index (κ2) is 3.59. The highest BCUT2D eigenvalue weighted by Gasteiger charge is 2.36. The number of benzene rings is 1. The summed E-state index contributed by atoms with van der Waals surface area (Å²) in [6.45, 7) is 0. The smallest absolute Gasteiger partial charge is 0.286 e. The number of hydrogen-bond donors (Lipinski definition) is 1. The van der Waals surface area contributed by atoms with Crippen molar-refractivity contribution in [3.8, 4) is 0 Å². The van der Waals surface area contributed by atoms with Crippen LogP contribution in [0.1, 0.15) is 10.9 Å². The van der Waals surface area contributed by atoms with Crippen molar-refractivity contribution in [2.45, 2.75) is 5.25 Å². The van der Waals surface area contributed by atoms with E-state index in [0.29, 0.717) is 5.69 Å². The van der Waals surface area contributed by atoms with Gasteiger partial charge in [-0.3, -0.25) is 19.6 Å². The molecule has 1 aliphatic heterocycles. The fourth-order valence-electron chi connectivity index (χ4n) is 1.97. The van der Waals surface area contributed by atoms with E-state index in [2.05, 4.69) is 10.4 Å². The van der Waals surface area contributed by atoms with Gasteiger partial charge in [0.1, 0.15) is 5.25 Å². The molecular weight excluding hydrogens is 238 g/mol. The number of nitrogens with one attached hydrogen (secondary N) is 1. The Morgan fingerprint density at radius 2 is 2.12 bits per heavy atom. The summed E-state index contributed by atoms with van der Waals surface area (Å²) < 4.78 is 1.72. The Labute approximate surface area is 101 Å². The molecule has 1 aromatic carbocycles. The summed E-state index contributed by atoms with van der Waals surface area (Å²) in [6.07, 6.45) is 0. The van der Waals surface area contributed by atoms with Gasteiger partial charge in [-0.05, 0) is 17.8 Å². The molecule has 1 atom stereocenters. The summed E-state index contributed by atoms with van der Waals surface area (Å²) in [5.41, 5.74) is 1.60. The molecule has 0 spiro atoms. The zero-order valence-electron chi connectivity index (χ0n) is 9.01. The summed E-state index contributed by atoms with van der Waals surface area (Å²) in [5, 5.41) is 6.68. The molecule has 5 nitrogen and oxygen atoms in total. The van der Waals surface area contributed by atoms with Gasteiger partial charge in [0, 0.05) is 12.4 Å². The fraction of sp³-hybridized carbons (Fsp3) is 0.182. The molecule has 1 aromatic heterocycles. The zero-order chi connectivity index (χ0) is 12.0. The molecule has 86 valence electrons. The molecule has 1 aliphatic rings. The van der Waals surface area contributed by atoms with Gasteiger partial charge >= 0.3 is 0 Å². The molecule has 2 heterocycles. The van der Waals surface area contributed by atoms with E-state index >= 15 is 0 Å². The van der Waals surface area contributed by atoms with E-state index in [1.165, 1.54) is 0 Å². The van der Waals surface area contributed by atoms with Gasteiger partial charge in [-0.1, -0.05) is 18.2 Å². The third kappa shape index (κ3) is 1.52. The SMILES string of the molecule is Cn1nc(C2SC(=O)NC2=O)c2ccccc21. The summed E-state index contributed by atoms with van der Waals surface area (Å²) in [6, 6.07) is 7.66. The summed E-state index contributed by atoms with van der Waals surface area (Å²) in [5.74, 6) is -0.288. The van der Waals surface area contributed by atoms with E-state index in [4.69, 9.17) is 0 Å². The van der Waals surface area contributed by atoms with Gasteiger partial charge in [0.2, 0.25) is 5.91 Å². The largest absolute Gasteiger partial charge is 0.286 e. The number of rotatable bonds is 1. The molecule has 1 saturated heterocycles. The highest BCUT2D eigenvalue weighted by Crippen LogP contribution is 2.36. The van der Waals surface area contributed by atoms with Gasteiger partial charge in [-0.2, -0.15) is 5.10 Å². The van der Waals surface area contributed by atoms with Crippen molar-refractivity contribution in [1.29, 1.82) is 0 Å². The highest BCUT2D eigenvalue weighted by molar-refractivity contribution is 8.15. The number of aryl methyl sites for hydroxylation is 1. The quantitative estimate of drug-likeness (QED) is 0.831. The maximum absolute atomic E-state index is 11.6. The van der Waals surface area contributed by atoms with Crippen molar-refractivity contribution in [3.63, 3.8) is 0 Å². The van der Waals surface area contributed by atoms with E-state index in [9.17, 15) is 9.59 Å². The highest BCUT2D eigenvalue weighted by atomic mass is 32.2. The van der Waals surface area contributed by atoms with Crippen LogP contribution in [0.3, 0.4) is 0 Å². The lowest BCUT2D eigenvalue weighted by molar-refractivity contribution is -0.119. The van der Waals surface area contributed by atoms with Gasteiger partial charge < -0.3 is 0 Å². The molecule has 1 fully saturated rings. The van der Waals surface area contributed by atoms with Crippen LogP contribution in [-0.2, 0) is 11.8 Å². The van der Waals surface area contributed by atoms with Crippen LogP contribution in [0.15, 0.2) is 24.3 Å². The average molecular weight is 247 g/mol. The lowest BCUT2D eigenvalue weighted by Gasteiger charge is -2.00. The van der Waals surface area contributed by atoms with Crippen LogP contribution in [0.2, 0.25) is 0 Å². The first kappa shape index (κ1) is 10.3. The molecule has 2 aromatic rings. The number of imide groups is 1. The lowest BCUT2D eigenvalue weighted by atomic mass is 10.1. The molecular formula is C11H9N3O2S. The van der Waals surface area contributed by atoms with Crippen molar-refractivity contribution >= 4 is 33.8 Å². The van der Waals surface area contributed by atoms with E-state index in [1.54, 1.807) is 4.68 Å². The van der Waals surface area contributed by atoms with Crippen molar-refractivity contribution in [2.24, 2.45) is 7.05 Å². The molecule has 0 bridgehead atoms. The number of thioether (sulfide) groups is 1. The molecule has 1 N–H and O–H groups in total. The van der Waals surface area contributed by atoms with E-state index in [0.717, 1.165) is 22.7 Å². The van der Waals surface area contributed by atoms with Crippen LogP contribution in [0.25, 0.3) is 10.9 Å². The first-order valence-corrected chi connectivity index (χ1v) is 5.98. The van der Waals surface area contributed by atoms with Gasteiger partial charge in [-0.25, -0.2) is 0 Å². The van der Waals surface area contributed by atoms with E-state index < -0.39 is 5.25 Å². The van der Waals surface area contributed by atoms with Crippen LogP contribution in [0.5, 0.6) is 0 Å².